The minimum absolute atomic E-state index is 0.0198. The number of hydrogen-bond acceptors (Lipinski definition) is 1. The van der Waals surface area contributed by atoms with Gasteiger partial charge in [-0.1, -0.05) is 22.0 Å². The number of benzene rings is 1. The molecule has 1 amide bonds. The van der Waals surface area contributed by atoms with Crippen molar-refractivity contribution in [2.24, 2.45) is 0 Å². The Morgan fingerprint density at radius 3 is 2.79 bits per heavy atom. The van der Waals surface area contributed by atoms with Crippen LogP contribution in [0.5, 0.6) is 0 Å². The number of aryl methyl sites for hydroxylation is 1. The fraction of sp³-hybridized carbons (Fsp3) is 0.300. The van der Waals surface area contributed by atoms with Crippen molar-refractivity contribution < 1.29 is 4.79 Å². The molecule has 2 nitrogen and oxygen atoms in total. The van der Waals surface area contributed by atoms with Crippen LogP contribution in [0.3, 0.4) is 0 Å². The van der Waals surface area contributed by atoms with Gasteiger partial charge in [0.25, 0.3) is 0 Å². The van der Waals surface area contributed by atoms with Crippen molar-refractivity contribution in [3.63, 3.8) is 0 Å². The number of alkyl halides is 1. The molecule has 1 aromatic rings. The Morgan fingerprint density at radius 2 is 2.21 bits per heavy atom. The minimum Gasteiger partial charge on any atom is -0.325 e. The average Bonchev–Trinajstić information content (AvgIpc) is 2.10. The second kappa shape index (κ2) is 5.51. The van der Waals surface area contributed by atoms with Gasteiger partial charge in [-0.3, -0.25) is 4.79 Å². The van der Waals surface area contributed by atoms with Crippen LogP contribution in [0.4, 0.5) is 5.69 Å². The molecule has 0 spiro atoms. The molecule has 0 atom stereocenters. The lowest BCUT2D eigenvalue weighted by Crippen LogP contribution is -2.11. The third-order valence-electron chi connectivity index (χ3n) is 1.72. The minimum atomic E-state index is 0.0198. The van der Waals surface area contributed by atoms with Crippen LogP contribution in [0.15, 0.2) is 22.7 Å². The Bertz CT molecular complexity index is 339. The molecule has 4 heteroatoms. The fourth-order valence-corrected chi connectivity index (χ4v) is 1.97. The quantitative estimate of drug-likeness (QED) is 0.849. The molecule has 0 radical (unpaired) electrons. The first kappa shape index (κ1) is 11.7. The van der Waals surface area contributed by atoms with Gasteiger partial charge in [-0.15, -0.1) is 0 Å². The summed E-state index contributed by atoms with van der Waals surface area (Å²) in [5.74, 6) is 0.0198. The molecule has 1 N–H and O–H groups in total. The molecule has 0 aliphatic rings. The number of carbonyl (C=O) groups is 1. The number of halogens is 2. The van der Waals surface area contributed by atoms with Crippen LogP contribution in [-0.4, -0.2) is 11.2 Å². The van der Waals surface area contributed by atoms with E-state index < -0.39 is 0 Å². The van der Waals surface area contributed by atoms with E-state index >= 15 is 0 Å². The number of anilines is 1. The highest BCUT2D eigenvalue weighted by molar-refractivity contribution is 9.10. The molecule has 1 rings (SSSR count). The summed E-state index contributed by atoms with van der Waals surface area (Å²) in [6, 6.07) is 5.84. The maximum absolute atomic E-state index is 11.3. The van der Waals surface area contributed by atoms with Crippen molar-refractivity contribution in [1.29, 1.82) is 0 Å². The number of carbonyl (C=O) groups excluding carboxylic acids is 1. The molecule has 14 heavy (non-hydrogen) atoms. The maximum atomic E-state index is 11.3. The van der Waals surface area contributed by atoms with Gasteiger partial charge < -0.3 is 5.32 Å². The first-order valence-corrected chi connectivity index (χ1v) is 6.17. The molecular formula is C10H11Br2NO. The summed E-state index contributed by atoms with van der Waals surface area (Å²) in [6.07, 6.45) is 0.486. The van der Waals surface area contributed by atoms with E-state index in [0.29, 0.717) is 11.8 Å². The Kier molecular flexibility index (Phi) is 4.62. The predicted octanol–water partition coefficient (Wildman–Crippen LogP) is 3.48. The van der Waals surface area contributed by atoms with Crippen molar-refractivity contribution in [1.82, 2.24) is 0 Å². The van der Waals surface area contributed by atoms with Crippen LogP contribution in [0.2, 0.25) is 0 Å². The first-order chi connectivity index (χ1) is 6.63. The summed E-state index contributed by atoms with van der Waals surface area (Å²) in [6.45, 7) is 2.01. The topological polar surface area (TPSA) is 29.1 Å². The zero-order valence-electron chi connectivity index (χ0n) is 7.81. The molecule has 0 unspecified atom stereocenters. The molecule has 0 saturated carbocycles. The van der Waals surface area contributed by atoms with E-state index in [1.165, 1.54) is 0 Å². The zero-order chi connectivity index (χ0) is 10.6. The molecule has 0 bridgehead atoms. The lowest BCUT2D eigenvalue weighted by Gasteiger charge is -2.06. The van der Waals surface area contributed by atoms with Gasteiger partial charge in [0.1, 0.15) is 0 Å². The molecule has 0 aliphatic heterocycles. The van der Waals surface area contributed by atoms with Crippen LogP contribution < -0.4 is 5.32 Å². The van der Waals surface area contributed by atoms with Crippen LogP contribution >= 0.6 is 31.9 Å². The van der Waals surface area contributed by atoms with Crippen molar-refractivity contribution in [3.8, 4) is 0 Å². The molecule has 1 aromatic carbocycles. The third kappa shape index (κ3) is 3.42. The monoisotopic (exact) mass is 319 g/mol. The summed E-state index contributed by atoms with van der Waals surface area (Å²) < 4.78 is 0.917. The van der Waals surface area contributed by atoms with E-state index in [1.807, 2.05) is 25.1 Å². The van der Waals surface area contributed by atoms with E-state index in [9.17, 15) is 4.79 Å². The Morgan fingerprint density at radius 1 is 1.50 bits per heavy atom. The van der Waals surface area contributed by atoms with Crippen LogP contribution in [0.1, 0.15) is 12.0 Å². The van der Waals surface area contributed by atoms with Gasteiger partial charge in [-0.25, -0.2) is 0 Å². The van der Waals surface area contributed by atoms with Crippen LogP contribution in [-0.2, 0) is 4.79 Å². The van der Waals surface area contributed by atoms with Gasteiger partial charge in [-0.05, 0) is 40.5 Å². The molecule has 0 fully saturated rings. The number of rotatable bonds is 3. The Labute approximate surface area is 100 Å². The third-order valence-corrected chi connectivity index (χ3v) is 2.77. The van der Waals surface area contributed by atoms with Gasteiger partial charge in [0.2, 0.25) is 5.91 Å². The number of amides is 1. The van der Waals surface area contributed by atoms with E-state index in [0.717, 1.165) is 15.7 Å². The average molecular weight is 321 g/mol. The SMILES string of the molecule is Cc1ccc(NC(=O)CCBr)c(Br)c1. The smallest absolute Gasteiger partial charge is 0.225 e. The highest BCUT2D eigenvalue weighted by atomic mass is 79.9. The molecular weight excluding hydrogens is 310 g/mol. The zero-order valence-corrected chi connectivity index (χ0v) is 11.0. The molecule has 76 valence electrons. The number of nitrogens with one attached hydrogen (secondary N) is 1. The summed E-state index contributed by atoms with van der Waals surface area (Å²) in [7, 11) is 0. The number of hydrogen-bond donors (Lipinski definition) is 1. The largest absolute Gasteiger partial charge is 0.325 e. The van der Waals surface area contributed by atoms with E-state index in [1.54, 1.807) is 0 Å². The van der Waals surface area contributed by atoms with Crippen LogP contribution in [0.25, 0.3) is 0 Å². The first-order valence-electron chi connectivity index (χ1n) is 4.25. The Hall–Kier alpha value is -0.350. The molecule has 0 aliphatic carbocycles. The fourth-order valence-electron chi connectivity index (χ4n) is 1.02. The second-order valence-corrected chi connectivity index (χ2v) is 4.62. The van der Waals surface area contributed by atoms with Crippen molar-refractivity contribution in [2.75, 3.05) is 10.6 Å². The maximum Gasteiger partial charge on any atom is 0.225 e. The van der Waals surface area contributed by atoms with Gasteiger partial charge in [0, 0.05) is 16.2 Å². The molecule has 0 saturated heterocycles. The van der Waals surface area contributed by atoms with Gasteiger partial charge in [0.15, 0.2) is 0 Å². The second-order valence-electron chi connectivity index (χ2n) is 2.97. The van der Waals surface area contributed by atoms with E-state index in [4.69, 9.17) is 0 Å². The summed E-state index contributed by atoms with van der Waals surface area (Å²) in [5.41, 5.74) is 1.98. The van der Waals surface area contributed by atoms with E-state index in [2.05, 4.69) is 37.2 Å². The molecule has 0 aromatic heterocycles. The van der Waals surface area contributed by atoms with E-state index in [-0.39, 0.29) is 5.91 Å². The highest BCUT2D eigenvalue weighted by Crippen LogP contribution is 2.23. The Balaban J connectivity index is 2.72. The summed E-state index contributed by atoms with van der Waals surface area (Å²) in [4.78, 5) is 11.3. The summed E-state index contributed by atoms with van der Waals surface area (Å²) in [5, 5.41) is 3.51. The normalized spacial score (nSPS) is 9.93. The standard InChI is InChI=1S/C10H11Br2NO/c1-7-2-3-9(8(12)6-7)13-10(14)4-5-11/h2-3,6H,4-5H2,1H3,(H,13,14). The van der Waals surface area contributed by atoms with Crippen LogP contribution in [0, 0.1) is 6.92 Å². The van der Waals surface area contributed by atoms with Gasteiger partial charge in [0.05, 0.1) is 5.69 Å². The summed E-state index contributed by atoms with van der Waals surface area (Å²) >= 11 is 6.62. The highest BCUT2D eigenvalue weighted by Gasteiger charge is 2.04. The van der Waals surface area contributed by atoms with Crippen molar-refractivity contribution >= 4 is 43.5 Å². The van der Waals surface area contributed by atoms with Gasteiger partial charge in [-0.2, -0.15) is 0 Å². The van der Waals surface area contributed by atoms with Gasteiger partial charge >= 0.3 is 0 Å². The molecule has 0 heterocycles. The van der Waals surface area contributed by atoms with Crippen molar-refractivity contribution in [3.05, 3.63) is 28.2 Å². The lowest BCUT2D eigenvalue weighted by molar-refractivity contribution is -0.115. The lowest BCUT2D eigenvalue weighted by atomic mass is 10.2. The van der Waals surface area contributed by atoms with Crippen molar-refractivity contribution in [2.45, 2.75) is 13.3 Å². The predicted molar refractivity (Wildman–Crippen MR) is 65.9 cm³/mol.